The number of hydrogen-bond donors (Lipinski definition) is 1. The third-order valence-corrected chi connectivity index (χ3v) is 4.15. The van der Waals surface area contributed by atoms with Crippen molar-refractivity contribution in [1.82, 2.24) is 4.72 Å². The van der Waals surface area contributed by atoms with Gasteiger partial charge in [-0.2, -0.15) is 0 Å². The summed E-state index contributed by atoms with van der Waals surface area (Å²) in [7, 11) is 1.00. The average Bonchev–Trinajstić information content (AvgIpc) is 2.44. The van der Waals surface area contributed by atoms with E-state index in [-0.39, 0.29) is 6.54 Å². The molecule has 0 aliphatic rings. The van der Waals surface area contributed by atoms with Crippen LogP contribution in [0.3, 0.4) is 0 Å². The number of rotatable bonds is 7. The van der Waals surface area contributed by atoms with E-state index in [0.717, 1.165) is 0 Å². The molecule has 0 radical (unpaired) electrons. The van der Waals surface area contributed by atoms with E-state index in [1.165, 1.54) is 21.3 Å². The number of halogens is 1. The smallest absolute Gasteiger partial charge is 0.225 e. The molecule has 1 aromatic rings. The highest BCUT2D eigenvalue weighted by Gasteiger charge is 2.14. The zero-order chi connectivity index (χ0) is 14.5. The van der Waals surface area contributed by atoms with Crippen molar-refractivity contribution in [3.05, 3.63) is 17.7 Å². The fraction of sp³-hybridized carbons (Fsp3) is 0.455. The molecule has 0 spiro atoms. The minimum Gasteiger partial charge on any atom is -0.496 e. The van der Waals surface area contributed by atoms with Crippen LogP contribution in [0.2, 0.25) is 0 Å². The molecule has 0 unspecified atom stereocenters. The van der Waals surface area contributed by atoms with E-state index in [0.29, 0.717) is 22.8 Å². The second-order valence-corrected chi connectivity index (χ2v) is 5.96. The van der Waals surface area contributed by atoms with Crippen LogP contribution in [0.15, 0.2) is 12.1 Å². The summed E-state index contributed by atoms with van der Waals surface area (Å²) in [5.74, 6) is 1.49. The Morgan fingerprint density at radius 2 is 1.58 bits per heavy atom. The van der Waals surface area contributed by atoms with Crippen LogP contribution < -0.4 is 18.9 Å². The Morgan fingerprint density at radius 1 is 1.05 bits per heavy atom. The molecule has 0 amide bonds. The molecule has 6 nitrogen and oxygen atoms in total. The van der Waals surface area contributed by atoms with Crippen LogP contribution in [0.5, 0.6) is 17.2 Å². The molecule has 1 N–H and O–H groups in total. The molecule has 1 aromatic carbocycles. The normalized spacial score (nSPS) is 11.2. The van der Waals surface area contributed by atoms with Crippen LogP contribution in [0.1, 0.15) is 5.56 Å². The summed E-state index contributed by atoms with van der Waals surface area (Å²) in [5.41, 5.74) is 0.619. The second kappa shape index (κ2) is 6.83. The SMILES string of the molecule is COc1cc(OC)c(OC)cc1CNS(=O)(=O)CCl. The number of sulfonamides is 1. The molecular weight excluding hydrogens is 294 g/mol. The fourth-order valence-electron chi connectivity index (χ4n) is 1.46. The fourth-order valence-corrected chi connectivity index (χ4v) is 2.14. The van der Waals surface area contributed by atoms with Gasteiger partial charge in [-0.1, -0.05) is 0 Å². The predicted octanol–water partition coefficient (Wildman–Crippen LogP) is 1.33. The Morgan fingerprint density at radius 3 is 2.05 bits per heavy atom. The largest absolute Gasteiger partial charge is 0.496 e. The molecule has 0 fully saturated rings. The van der Waals surface area contributed by atoms with Gasteiger partial charge in [-0.3, -0.25) is 0 Å². The molecular formula is C11H16ClNO5S. The molecule has 0 atom stereocenters. The van der Waals surface area contributed by atoms with E-state index in [4.69, 9.17) is 25.8 Å². The Labute approximate surface area is 117 Å². The Bertz CT molecular complexity index is 532. The topological polar surface area (TPSA) is 73.9 Å². The Hall–Kier alpha value is -1.18. The van der Waals surface area contributed by atoms with E-state index in [1.807, 2.05) is 0 Å². The van der Waals surface area contributed by atoms with Crippen LogP contribution in [0.25, 0.3) is 0 Å². The highest BCUT2D eigenvalue weighted by Crippen LogP contribution is 2.34. The van der Waals surface area contributed by atoms with E-state index in [1.54, 1.807) is 12.1 Å². The van der Waals surface area contributed by atoms with Crippen molar-refractivity contribution in [2.45, 2.75) is 6.54 Å². The molecule has 0 saturated carbocycles. The quantitative estimate of drug-likeness (QED) is 0.769. The third-order valence-electron chi connectivity index (χ3n) is 2.41. The molecule has 0 saturated heterocycles. The average molecular weight is 310 g/mol. The van der Waals surface area contributed by atoms with Crippen LogP contribution >= 0.6 is 11.6 Å². The molecule has 1 rings (SSSR count). The molecule has 0 aliphatic heterocycles. The van der Waals surface area contributed by atoms with E-state index < -0.39 is 15.2 Å². The number of nitrogens with one attached hydrogen (secondary N) is 1. The highest BCUT2D eigenvalue weighted by molar-refractivity contribution is 7.90. The summed E-state index contributed by atoms with van der Waals surface area (Å²) in [6, 6.07) is 3.28. The number of methoxy groups -OCH3 is 3. The first-order valence-corrected chi connectivity index (χ1v) is 7.48. The van der Waals surface area contributed by atoms with Crippen molar-refractivity contribution in [3.63, 3.8) is 0 Å². The van der Waals surface area contributed by atoms with Gasteiger partial charge in [-0.05, 0) is 6.07 Å². The standard InChI is InChI=1S/C11H16ClNO5S/c1-16-9-5-11(18-3)10(17-2)4-8(9)6-13-19(14,15)7-12/h4-5,13H,6-7H2,1-3H3. The van der Waals surface area contributed by atoms with Crippen molar-refractivity contribution >= 4 is 21.6 Å². The lowest BCUT2D eigenvalue weighted by Crippen LogP contribution is -2.24. The maximum atomic E-state index is 11.3. The molecule has 108 valence electrons. The van der Waals surface area contributed by atoms with Crippen molar-refractivity contribution in [2.75, 3.05) is 26.5 Å². The number of hydrogen-bond acceptors (Lipinski definition) is 5. The molecule has 19 heavy (non-hydrogen) atoms. The highest BCUT2D eigenvalue weighted by atomic mass is 35.5. The predicted molar refractivity (Wildman–Crippen MR) is 72.6 cm³/mol. The lowest BCUT2D eigenvalue weighted by molar-refractivity contribution is 0.347. The molecule has 0 aliphatic carbocycles. The van der Waals surface area contributed by atoms with E-state index in [2.05, 4.69) is 4.72 Å². The van der Waals surface area contributed by atoms with Gasteiger partial charge in [0.05, 0.1) is 21.3 Å². The summed E-state index contributed by atoms with van der Waals surface area (Å²) in [4.78, 5) is 0. The zero-order valence-electron chi connectivity index (χ0n) is 10.9. The first-order chi connectivity index (χ1) is 8.97. The van der Waals surface area contributed by atoms with E-state index >= 15 is 0 Å². The van der Waals surface area contributed by atoms with Gasteiger partial charge in [-0.15, -0.1) is 11.6 Å². The first kappa shape index (κ1) is 15.9. The van der Waals surface area contributed by atoms with Crippen LogP contribution in [-0.4, -0.2) is 35.0 Å². The van der Waals surface area contributed by atoms with Gasteiger partial charge in [0, 0.05) is 18.2 Å². The molecule has 0 heterocycles. The van der Waals surface area contributed by atoms with Gasteiger partial charge < -0.3 is 14.2 Å². The van der Waals surface area contributed by atoms with Crippen molar-refractivity contribution in [3.8, 4) is 17.2 Å². The van der Waals surface area contributed by atoms with Gasteiger partial charge in [0.1, 0.15) is 11.0 Å². The zero-order valence-corrected chi connectivity index (χ0v) is 12.5. The van der Waals surface area contributed by atoms with Crippen LogP contribution in [0, 0.1) is 0 Å². The number of ether oxygens (including phenoxy) is 3. The van der Waals surface area contributed by atoms with Crippen molar-refractivity contribution < 1.29 is 22.6 Å². The maximum absolute atomic E-state index is 11.3. The van der Waals surface area contributed by atoms with Crippen LogP contribution in [-0.2, 0) is 16.6 Å². The summed E-state index contributed by atoms with van der Waals surface area (Å²) >= 11 is 5.31. The first-order valence-electron chi connectivity index (χ1n) is 5.29. The van der Waals surface area contributed by atoms with Crippen molar-refractivity contribution in [2.24, 2.45) is 0 Å². The lowest BCUT2D eigenvalue weighted by atomic mass is 10.1. The van der Waals surface area contributed by atoms with Crippen molar-refractivity contribution in [1.29, 1.82) is 0 Å². The summed E-state index contributed by atoms with van der Waals surface area (Å²) < 4.78 is 40.4. The number of alkyl halides is 1. The number of benzene rings is 1. The van der Waals surface area contributed by atoms with E-state index in [9.17, 15) is 8.42 Å². The third kappa shape index (κ3) is 4.15. The lowest BCUT2D eigenvalue weighted by Gasteiger charge is -2.14. The Kier molecular flexibility index (Phi) is 5.71. The summed E-state index contributed by atoms with van der Waals surface area (Å²) in [5, 5.41) is -0.497. The van der Waals surface area contributed by atoms with Gasteiger partial charge in [0.25, 0.3) is 0 Å². The monoisotopic (exact) mass is 309 g/mol. The van der Waals surface area contributed by atoms with Gasteiger partial charge in [0.2, 0.25) is 10.0 Å². The van der Waals surface area contributed by atoms with Crippen LogP contribution in [0.4, 0.5) is 0 Å². The Balaban J connectivity index is 3.05. The molecule has 8 heteroatoms. The minimum absolute atomic E-state index is 0.0541. The maximum Gasteiger partial charge on any atom is 0.225 e. The van der Waals surface area contributed by atoms with Gasteiger partial charge >= 0.3 is 0 Å². The molecule has 0 bridgehead atoms. The summed E-state index contributed by atoms with van der Waals surface area (Å²) in [6.45, 7) is 0.0541. The minimum atomic E-state index is -3.49. The summed E-state index contributed by atoms with van der Waals surface area (Å²) in [6.07, 6.45) is 0. The van der Waals surface area contributed by atoms with Gasteiger partial charge in [-0.25, -0.2) is 13.1 Å². The van der Waals surface area contributed by atoms with Gasteiger partial charge in [0.15, 0.2) is 11.5 Å². The second-order valence-electron chi connectivity index (χ2n) is 3.56. The molecule has 0 aromatic heterocycles.